The topological polar surface area (TPSA) is 57.6 Å². The Balaban J connectivity index is 1.77. The number of carbonyl (C=O) groups excluding carboxylic acids is 1. The first-order chi connectivity index (χ1) is 12.9. The van der Waals surface area contributed by atoms with Gasteiger partial charge in [-0.2, -0.15) is 5.10 Å². The monoisotopic (exact) mass is 398 g/mol. The minimum absolute atomic E-state index is 0.0876. The minimum atomic E-state index is -0.0876. The largest absolute Gasteiger partial charge is 0.278 e. The number of hydrogen-bond acceptors (Lipinski definition) is 5. The Labute approximate surface area is 167 Å². The van der Waals surface area contributed by atoms with E-state index in [9.17, 15) is 4.79 Å². The first kappa shape index (κ1) is 19.1. The zero-order valence-electron chi connectivity index (χ0n) is 15.2. The summed E-state index contributed by atoms with van der Waals surface area (Å²) in [5, 5.41) is 7.32. The summed E-state index contributed by atoms with van der Waals surface area (Å²) in [6.45, 7) is 5.61. The number of carbonyl (C=O) groups is 1. The van der Waals surface area contributed by atoms with Crippen LogP contribution in [0.5, 0.6) is 0 Å². The highest BCUT2D eigenvalue weighted by atomic mass is 35.5. The predicted molar refractivity (Wildman–Crippen MR) is 114 cm³/mol. The fraction of sp³-hybridized carbons (Fsp3) is 0.150. The van der Waals surface area contributed by atoms with Crippen LogP contribution in [0.2, 0.25) is 5.02 Å². The molecule has 0 atom stereocenters. The van der Waals surface area contributed by atoms with Crippen molar-refractivity contribution in [2.75, 3.05) is 10.3 Å². The van der Waals surface area contributed by atoms with Crippen LogP contribution in [0.3, 0.4) is 0 Å². The molecule has 1 N–H and O–H groups in total. The predicted octanol–water partition coefficient (Wildman–Crippen LogP) is 5.54. The van der Waals surface area contributed by atoms with Crippen molar-refractivity contribution >= 4 is 51.6 Å². The van der Waals surface area contributed by atoms with Crippen LogP contribution in [-0.4, -0.2) is 17.1 Å². The summed E-state index contributed by atoms with van der Waals surface area (Å²) in [7, 11) is 0. The lowest BCUT2D eigenvalue weighted by Crippen LogP contribution is -2.22. The fourth-order valence-electron chi connectivity index (χ4n) is 2.43. The van der Waals surface area contributed by atoms with Crippen molar-refractivity contribution in [2.24, 2.45) is 5.10 Å². The molecule has 0 bridgehead atoms. The highest BCUT2D eigenvalue weighted by Gasteiger charge is 2.18. The minimum Gasteiger partial charge on any atom is -0.278 e. The average Bonchev–Trinajstić information content (AvgIpc) is 3.08. The highest BCUT2D eigenvalue weighted by Crippen LogP contribution is 2.29. The second-order valence-corrected chi connectivity index (χ2v) is 7.33. The van der Waals surface area contributed by atoms with Crippen LogP contribution in [0.15, 0.2) is 52.9 Å². The van der Waals surface area contributed by atoms with E-state index in [-0.39, 0.29) is 5.91 Å². The van der Waals surface area contributed by atoms with Crippen LogP contribution in [-0.2, 0) is 4.79 Å². The zero-order chi connectivity index (χ0) is 19.4. The van der Waals surface area contributed by atoms with E-state index in [0.717, 1.165) is 16.9 Å². The van der Waals surface area contributed by atoms with Gasteiger partial charge >= 0.3 is 0 Å². The number of benzene rings is 2. The summed E-state index contributed by atoms with van der Waals surface area (Å²) in [5.41, 5.74) is 7.54. The maximum atomic E-state index is 12.2. The molecule has 1 aromatic heterocycles. The maximum absolute atomic E-state index is 12.2. The Morgan fingerprint density at radius 1 is 1.19 bits per heavy atom. The smallest absolute Gasteiger partial charge is 0.230 e. The lowest BCUT2D eigenvalue weighted by molar-refractivity contribution is -0.115. The molecule has 138 valence electrons. The van der Waals surface area contributed by atoms with E-state index in [1.807, 2.05) is 49.6 Å². The molecule has 0 aliphatic carbocycles. The molecule has 1 heterocycles. The van der Waals surface area contributed by atoms with E-state index < -0.39 is 0 Å². The SMILES string of the molecule is CC(=O)N(c1ccc(C)c(C)c1)c1nc(/C=N\Nc2ccc(Cl)cc2)cs1. The lowest BCUT2D eigenvalue weighted by atomic mass is 10.1. The number of hydrazone groups is 1. The van der Waals surface area contributed by atoms with Crippen molar-refractivity contribution < 1.29 is 4.79 Å². The molecular formula is C20H19ClN4OS. The third-order valence-electron chi connectivity index (χ3n) is 4.00. The first-order valence-electron chi connectivity index (χ1n) is 8.32. The third-order valence-corrected chi connectivity index (χ3v) is 5.10. The van der Waals surface area contributed by atoms with Gasteiger partial charge in [-0.3, -0.25) is 15.1 Å². The molecule has 0 spiro atoms. The standard InChI is InChI=1S/C20H19ClN4OS/c1-13-4-9-19(10-14(13)2)25(15(3)26)20-23-18(12-27-20)11-22-24-17-7-5-16(21)6-8-17/h4-12,24H,1-3H3/b22-11-. The van der Waals surface area contributed by atoms with E-state index in [4.69, 9.17) is 11.6 Å². The summed E-state index contributed by atoms with van der Waals surface area (Å²) in [5.74, 6) is -0.0876. The molecule has 0 aliphatic heterocycles. The quantitative estimate of drug-likeness (QED) is 0.453. The molecule has 0 unspecified atom stereocenters. The molecule has 7 heteroatoms. The fourth-order valence-corrected chi connectivity index (χ4v) is 3.39. The third kappa shape index (κ3) is 4.72. The number of aryl methyl sites for hydroxylation is 2. The number of rotatable bonds is 5. The molecule has 3 aromatic rings. The van der Waals surface area contributed by atoms with Crippen LogP contribution >= 0.6 is 22.9 Å². The van der Waals surface area contributed by atoms with Crippen LogP contribution in [0, 0.1) is 13.8 Å². The van der Waals surface area contributed by atoms with Gasteiger partial charge in [0.2, 0.25) is 5.91 Å². The summed E-state index contributed by atoms with van der Waals surface area (Å²) < 4.78 is 0. The molecule has 0 fully saturated rings. The molecule has 1 amide bonds. The van der Waals surface area contributed by atoms with Crippen LogP contribution in [0.4, 0.5) is 16.5 Å². The van der Waals surface area contributed by atoms with Crippen molar-refractivity contribution in [2.45, 2.75) is 20.8 Å². The molecule has 0 radical (unpaired) electrons. The number of nitrogens with one attached hydrogen (secondary N) is 1. The second-order valence-electron chi connectivity index (χ2n) is 6.05. The number of anilines is 3. The average molecular weight is 399 g/mol. The van der Waals surface area contributed by atoms with Crippen molar-refractivity contribution in [3.8, 4) is 0 Å². The number of halogens is 1. The lowest BCUT2D eigenvalue weighted by Gasteiger charge is -2.19. The van der Waals surface area contributed by atoms with Gasteiger partial charge < -0.3 is 0 Å². The van der Waals surface area contributed by atoms with Gasteiger partial charge in [0.05, 0.1) is 23.3 Å². The van der Waals surface area contributed by atoms with Crippen LogP contribution in [0.25, 0.3) is 0 Å². The summed E-state index contributed by atoms with van der Waals surface area (Å²) in [6.07, 6.45) is 1.62. The maximum Gasteiger partial charge on any atom is 0.230 e. The van der Waals surface area contributed by atoms with E-state index in [0.29, 0.717) is 15.8 Å². The number of nitrogens with zero attached hydrogens (tertiary/aromatic N) is 3. The molecule has 2 aromatic carbocycles. The summed E-state index contributed by atoms with van der Waals surface area (Å²) in [4.78, 5) is 18.3. The molecular weight excluding hydrogens is 380 g/mol. The number of hydrogen-bond donors (Lipinski definition) is 1. The molecule has 0 aliphatic rings. The second kappa shape index (κ2) is 8.33. The van der Waals surface area contributed by atoms with E-state index >= 15 is 0 Å². The Morgan fingerprint density at radius 2 is 1.93 bits per heavy atom. The zero-order valence-corrected chi connectivity index (χ0v) is 16.8. The van der Waals surface area contributed by atoms with E-state index in [2.05, 4.69) is 15.5 Å². The molecule has 5 nitrogen and oxygen atoms in total. The first-order valence-corrected chi connectivity index (χ1v) is 9.58. The van der Waals surface area contributed by atoms with Crippen molar-refractivity contribution in [1.82, 2.24) is 4.98 Å². The molecule has 27 heavy (non-hydrogen) atoms. The molecule has 3 rings (SSSR count). The van der Waals surface area contributed by atoms with Gasteiger partial charge in [-0.25, -0.2) is 4.98 Å². The van der Waals surface area contributed by atoms with Gasteiger partial charge in [0.1, 0.15) is 0 Å². The van der Waals surface area contributed by atoms with Crippen LogP contribution < -0.4 is 10.3 Å². The van der Waals surface area contributed by atoms with Crippen molar-refractivity contribution in [3.05, 3.63) is 69.7 Å². The Morgan fingerprint density at radius 3 is 2.59 bits per heavy atom. The normalized spacial score (nSPS) is 11.0. The number of thiazole rings is 1. The Hall–Kier alpha value is -2.70. The Bertz CT molecular complexity index is 982. The van der Waals surface area contributed by atoms with Crippen LogP contribution in [0.1, 0.15) is 23.7 Å². The van der Waals surface area contributed by atoms with Crippen molar-refractivity contribution in [3.63, 3.8) is 0 Å². The van der Waals surface area contributed by atoms with Gasteiger partial charge in [0, 0.05) is 17.3 Å². The van der Waals surface area contributed by atoms with E-state index in [1.165, 1.54) is 23.8 Å². The van der Waals surface area contributed by atoms with Gasteiger partial charge in [-0.1, -0.05) is 17.7 Å². The summed E-state index contributed by atoms with van der Waals surface area (Å²) in [6, 6.07) is 13.2. The molecule has 0 saturated heterocycles. The van der Waals surface area contributed by atoms with Gasteiger partial charge in [-0.15, -0.1) is 11.3 Å². The van der Waals surface area contributed by atoms with Gasteiger partial charge in [0.25, 0.3) is 0 Å². The number of amides is 1. The highest BCUT2D eigenvalue weighted by molar-refractivity contribution is 7.14. The summed E-state index contributed by atoms with van der Waals surface area (Å²) >= 11 is 7.26. The number of aromatic nitrogens is 1. The van der Waals surface area contributed by atoms with Gasteiger partial charge in [-0.05, 0) is 61.4 Å². The van der Waals surface area contributed by atoms with E-state index in [1.54, 1.807) is 23.2 Å². The van der Waals surface area contributed by atoms with Crippen molar-refractivity contribution in [1.29, 1.82) is 0 Å². The molecule has 0 saturated carbocycles. The van der Waals surface area contributed by atoms with Gasteiger partial charge in [0.15, 0.2) is 5.13 Å². The Kier molecular flexibility index (Phi) is 5.88.